The average Bonchev–Trinajstić information content (AvgIpc) is 2.17. The van der Waals surface area contributed by atoms with Crippen LogP contribution in [0.2, 0.25) is 0 Å². The Kier molecular flexibility index (Phi) is 3.62. The van der Waals surface area contributed by atoms with Gasteiger partial charge in [0.15, 0.2) is 0 Å². The van der Waals surface area contributed by atoms with E-state index in [1.165, 1.54) is 6.07 Å². The summed E-state index contributed by atoms with van der Waals surface area (Å²) in [6, 6.07) is 6.69. The highest BCUT2D eigenvalue weighted by Gasteiger charge is 2.10. The van der Waals surface area contributed by atoms with Crippen molar-refractivity contribution >= 4 is 15.9 Å². The van der Waals surface area contributed by atoms with E-state index in [0.29, 0.717) is 15.6 Å². The second-order valence-corrected chi connectivity index (χ2v) is 3.46. The van der Waals surface area contributed by atoms with Crippen LogP contribution in [0.3, 0.4) is 0 Å². The van der Waals surface area contributed by atoms with Crippen molar-refractivity contribution in [3.05, 3.63) is 33.5 Å². The van der Waals surface area contributed by atoms with Crippen molar-refractivity contribution in [2.75, 3.05) is 0 Å². The Morgan fingerprint density at radius 1 is 1.21 bits per heavy atom. The fourth-order valence-corrected chi connectivity index (χ4v) is 1.71. The molecule has 0 saturated heterocycles. The Bertz CT molecular complexity index is 429. The van der Waals surface area contributed by atoms with Gasteiger partial charge in [0.05, 0.1) is 25.0 Å². The van der Waals surface area contributed by atoms with Gasteiger partial charge in [0.25, 0.3) is 0 Å². The number of benzene rings is 1. The first kappa shape index (κ1) is 10.7. The second kappa shape index (κ2) is 4.74. The van der Waals surface area contributed by atoms with Crippen molar-refractivity contribution in [1.82, 2.24) is 0 Å². The van der Waals surface area contributed by atoms with E-state index in [1.54, 1.807) is 6.07 Å². The van der Waals surface area contributed by atoms with E-state index in [0.717, 1.165) is 0 Å². The highest BCUT2D eigenvalue weighted by molar-refractivity contribution is 9.10. The summed E-state index contributed by atoms with van der Waals surface area (Å²) in [6.07, 6.45) is 0.213. The molecule has 0 aliphatic carbocycles. The molecule has 0 aliphatic rings. The van der Waals surface area contributed by atoms with Crippen LogP contribution in [0.1, 0.15) is 11.1 Å². The van der Waals surface area contributed by atoms with Crippen molar-refractivity contribution < 1.29 is 4.39 Å². The molecular weight excluding hydrogens is 247 g/mol. The van der Waals surface area contributed by atoms with Gasteiger partial charge in [-0.1, -0.05) is 22.0 Å². The van der Waals surface area contributed by atoms with Crippen LogP contribution in [0.15, 0.2) is 16.6 Å². The number of nitriles is 2. The monoisotopic (exact) mass is 252 g/mol. The van der Waals surface area contributed by atoms with Gasteiger partial charge in [-0.2, -0.15) is 10.5 Å². The molecule has 0 unspecified atom stereocenters. The second-order valence-electron chi connectivity index (χ2n) is 2.67. The molecular formula is C10H6BrFN2. The van der Waals surface area contributed by atoms with Gasteiger partial charge in [-0.3, -0.25) is 0 Å². The maximum absolute atomic E-state index is 13.2. The van der Waals surface area contributed by atoms with E-state index >= 15 is 0 Å². The molecule has 0 aromatic heterocycles. The SMILES string of the molecule is N#CCc1ccc(F)c(CC#N)c1Br. The predicted octanol–water partition coefficient (Wildman–Crippen LogP) is 2.72. The minimum Gasteiger partial charge on any atom is -0.207 e. The van der Waals surface area contributed by atoms with Gasteiger partial charge >= 0.3 is 0 Å². The van der Waals surface area contributed by atoms with Crippen LogP contribution in [-0.4, -0.2) is 0 Å². The number of nitrogens with zero attached hydrogens (tertiary/aromatic N) is 2. The lowest BCUT2D eigenvalue weighted by Crippen LogP contribution is -1.95. The Morgan fingerprint density at radius 2 is 1.86 bits per heavy atom. The van der Waals surface area contributed by atoms with Crippen LogP contribution in [0.5, 0.6) is 0 Å². The van der Waals surface area contributed by atoms with Crippen LogP contribution in [0, 0.1) is 28.5 Å². The fraction of sp³-hybridized carbons (Fsp3) is 0.200. The number of hydrogen-bond acceptors (Lipinski definition) is 2. The van der Waals surface area contributed by atoms with E-state index in [4.69, 9.17) is 10.5 Å². The van der Waals surface area contributed by atoms with Crippen LogP contribution < -0.4 is 0 Å². The summed E-state index contributed by atoms with van der Waals surface area (Å²) in [5.74, 6) is -0.417. The van der Waals surface area contributed by atoms with Crippen LogP contribution in [0.4, 0.5) is 4.39 Å². The minimum atomic E-state index is -0.417. The molecule has 0 heterocycles. The van der Waals surface area contributed by atoms with E-state index < -0.39 is 5.82 Å². The van der Waals surface area contributed by atoms with Crippen LogP contribution >= 0.6 is 15.9 Å². The zero-order valence-electron chi connectivity index (χ0n) is 7.22. The normalized spacial score (nSPS) is 9.14. The van der Waals surface area contributed by atoms with Gasteiger partial charge in [-0.05, 0) is 11.6 Å². The molecule has 0 atom stereocenters. The van der Waals surface area contributed by atoms with Gasteiger partial charge in [-0.25, -0.2) is 4.39 Å². The maximum atomic E-state index is 13.2. The van der Waals surface area contributed by atoms with Gasteiger partial charge in [-0.15, -0.1) is 0 Å². The molecule has 14 heavy (non-hydrogen) atoms. The zero-order valence-corrected chi connectivity index (χ0v) is 8.81. The summed E-state index contributed by atoms with van der Waals surface area (Å²) >= 11 is 3.19. The molecule has 0 amide bonds. The Hall–Kier alpha value is -1.39. The summed E-state index contributed by atoms with van der Waals surface area (Å²) < 4.78 is 13.7. The molecule has 0 spiro atoms. The summed E-state index contributed by atoms with van der Waals surface area (Å²) in [7, 11) is 0. The van der Waals surface area contributed by atoms with Crippen molar-refractivity contribution in [2.45, 2.75) is 12.8 Å². The quantitative estimate of drug-likeness (QED) is 0.813. The average molecular weight is 253 g/mol. The first-order chi connectivity index (χ1) is 6.70. The Labute approximate surface area is 89.7 Å². The van der Waals surface area contributed by atoms with Crippen LogP contribution in [0.25, 0.3) is 0 Å². The van der Waals surface area contributed by atoms with Gasteiger partial charge in [0.2, 0.25) is 0 Å². The minimum absolute atomic E-state index is 0.00564. The Balaban J connectivity index is 3.21. The van der Waals surface area contributed by atoms with Gasteiger partial charge < -0.3 is 0 Å². The van der Waals surface area contributed by atoms with Gasteiger partial charge in [0.1, 0.15) is 5.82 Å². The van der Waals surface area contributed by atoms with E-state index in [-0.39, 0.29) is 12.8 Å². The molecule has 0 radical (unpaired) electrons. The molecule has 2 nitrogen and oxygen atoms in total. The van der Waals surface area contributed by atoms with Crippen molar-refractivity contribution in [1.29, 1.82) is 10.5 Å². The van der Waals surface area contributed by atoms with Crippen molar-refractivity contribution in [3.8, 4) is 12.1 Å². The first-order valence-corrected chi connectivity index (χ1v) is 4.69. The molecule has 1 aromatic rings. The third-order valence-corrected chi connectivity index (χ3v) is 2.78. The summed E-state index contributed by atoms with van der Waals surface area (Å²) in [4.78, 5) is 0. The summed E-state index contributed by atoms with van der Waals surface area (Å²) in [6.45, 7) is 0. The van der Waals surface area contributed by atoms with E-state index in [1.807, 2.05) is 12.1 Å². The summed E-state index contributed by atoms with van der Waals surface area (Å²) in [5, 5.41) is 17.0. The Morgan fingerprint density at radius 3 is 2.43 bits per heavy atom. The lowest BCUT2D eigenvalue weighted by molar-refractivity contribution is 0.613. The topological polar surface area (TPSA) is 47.6 Å². The standard InChI is InChI=1S/C10H6BrFN2/c11-10-7(3-5-13)1-2-9(12)8(10)4-6-14/h1-2H,3-4H2. The molecule has 0 N–H and O–H groups in total. The molecule has 4 heteroatoms. The number of rotatable bonds is 2. The van der Waals surface area contributed by atoms with Gasteiger partial charge in [0, 0.05) is 10.0 Å². The fourth-order valence-electron chi connectivity index (χ4n) is 1.11. The lowest BCUT2D eigenvalue weighted by atomic mass is 10.1. The highest BCUT2D eigenvalue weighted by atomic mass is 79.9. The predicted molar refractivity (Wildman–Crippen MR) is 52.7 cm³/mol. The largest absolute Gasteiger partial charge is 0.207 e. The van der Waals surface area contributed by atoms with E-state index in [2.05, 4.69) is 15.9 Å². The third kappa shape index (κ3) is 2.10. The maximum Gasteiger partial charge on any atom is 0.128 e. The molecule has 0 fully saturated rings. The lowest BCUT2D eigenvalue weighted by Gasteiger charge is -2.05. The molecule has 1 aromatic carbocycles. The number of halogens is 2. The smallest absolute Gasteiger partial charge is 0.128 e. The van der Waals surface area contributed by atoms with E-state index in [9.17, 15) is 4.39 Å². The third-order valence-electron chi connectivity index (χ3n) is 1.79. The molecule has 1 rings (SSSR count). The molecule has 0 saturated carbocycles. The van der Waals surface area contributed by atoms with Crippen molar-refractivity contribution in [2.24, 2.45) is 0 Å². The van der Waals surface area contributed by atoms with Crippen molar-refractivity contribution in [3.63, 3.8) is 0 Å². The zero-order chi connectivity index (χ0) is 10.6. The first-order valence-electron chi connectivity index (χ1n) is 3.90. The highest BCUT2D eigenvalue weighted by Crippen LogP contribution is 2.25. The van der Waals surface area contributed by atoms with Crippen LogP contribution in [-0.2, 0) is 12.8 Å². The summed E-state index contributed by atoms with van der Waals surface area (Å²) in [5.41, 5.74) is 1.03. The number of hydrogen-bond donors (Lipinski definition) is 0. The molecule has 0 aliphatic heterocycles. The molecule has 70 valence electrons. The molecule has 0 bridgehead atoms.